The van der Waals surface area contributed by atoms with Gasteiger partial charge < -0.3 is 14.6 Å². The molecule has 0 spiro atoms. The number of aromatic nitrogens is 2. The summed E-state index contributed by atoms with van der Waals surface area (Å²) in [6.07, 6.45) is 8.05. The molecule has 0 aliphatic heterocycles. The smallest absolute Gasteiger partial charge is 0.143 e. The molecule has 150 valence electrons. The number of methoxy groups -OCH3 is 1. The lowest BCUT2D eigenvalue weighted by Gasteiger charge is -2.18. The number of benzene rings is 2. The van der Waals surface area contributed by atoms with Crippen molar-refractivity contribution in [2.24, 2.45) is 0 Å². The molecule has 0 saturated heterocycles. The predicted octanol–water partition coefficient (Wildman–Crippen LogP) is 5.06. The van der Waals surface area contributed by atoms with Crippen molar-refractivity contribution in [3.05, 3.63) is 83.7 Å². The molecule has 2 aromatic carbocycles. The van der Waals surface area contributed by atoms with Crippen molar-refractivity contribution in [1.82, 2.24) is 14.9 Å². The zero-order valence-electron chi connectivity index (χ0n) is 16.8. The van der Waals surface area contributed by atoms with Gasteiger partial charge in [-0.3, -0.25) is 5.41 Å². The molecular weight excluding hydrogens is 367 g/mol. The van der Waals surface area contributed by atoms with Crippen molar-refractivity contribution >= 4 is 11.9 Å². The van der Waals surface area contributed by atoms with Gasteiger partial charge in [0.1, 0.15) is 17.4 Å². The molecule has 0 aliphatic rings. The Morgan fingerprint density at radius 1 is 1.28 bits per heavy atom. The summed E-state index contributed by atoms with van der Waals surface area (Å²) < 4.78 is 20.6. The number of amidine groups is 1. The normalized spacial score (nSPS) is 12.1. The van der Waals surface area contributed by atoms with Crippen molar-refractivity contribution in [3.63, 3.8) is 0 Å². The van der Waals surface area contributed by atoms with Gasteiger partial charge in [0.05, 0.1) is 30.9 Å². The topological polar surface area (TPSA) is 62.9 Å². The summed E-state index contributed by atoms with van der Waals surface area (Å²) in [5.41, 5.74) is 3.71. The van der Waals surface area contributed by atoms with Gasteiger partial charge in [-0.2, -0.15) is 0 Å². The molecule has 0 aliphatic carbocycles. The number of hydrogen-bond donors (Lipinski definition) is 2. The fourth-order valence-corrected chi connectivity index (χ4v) is 3.10. The first-order valence-corrected chi connectivity index (χ1v) is 9.47. The van der Waals surface area contributed by atoms with E-state index in [-0.39, 0.29) is 17.7 Å². The lowest BCUT2D eigenvalue weighted by atomic mass is 10.0. The number of hydrogen-bond acceptors (Lipinski definition) is 3. The summed E-state index contributed by atoms with van der Waals surface area (Å²) in [5.74, 6) is 0.748. The minimum Gasteiger partial charge on any atom is -0.495 e. The molecule has 3 aromatic rings. The minimum absolute atomic E-state index is 0.0471. The van der Waals surface area contributed by atoms with E-state index in [0.29, 0.717) is 0 Å². The van der Waals surface area contributed by atoms with Gasteiger partial charge >= 0.3 is 0 Å². The van der Waals surface area contributed by atoms with Crippen LogP contribution in [0.4, 0.5) is 4.39 Å². The number of halogens is 1. The van der Waals surface area contributed by atoms with Crippen LogP contribution in [0, 0.1) is 18.2 Å². The van der Waals surface area contributed by atoms with Crippen molar-refractivity contribution in [2.45, 2.75) is 26.3 Å². The van der Waals surface area contributed by atoms with Crippen molar-refractivity contribution in [3.8, 4) is 11.4 Å². The van der Waals surface area contributed by atoms with Crippen molar-refractivity contribution in [2.75, 3.05) is 7.11 Å². The van der Waals surface area contributed by atoms with E-state index in [2.05, 4.69) is 10.3 Å². The van der Waals surface area contributed by atoms with Crippen LogP contribution in [0.5, 0.6) is 5.75 Å². The second-order valence-corrected chi connectivity index (χ2v) is 6.76. The monoisotopic (exact) mass is 392 g/mol. The van der Waals surface area contributed by atoms with Gasteiger partial charge in [-0.15, -0.1) is 0 Å². The third-order valence-corrected chi connectivity index (χ3v) is 4.65. The average molecular weight is 392 g/mol. The standard InChI is InChI=1S/C23H25FN4O/c1-4-20(18-7-9-19(24)10-8-18)27-23(25)12-6-17-5-11-21(22(13-17)29-3)28-14-16(2)26-15-28/h5-15,20H,4H2,1-3H3,(H2,25,27)/b12-6+. The molecule has 29 heavy (non-hydrogen) atoms. The summed E-state index contributed by atoms with van der Waals surface area (Å²) in [7, 11) is 1.63. The molecule has 0 saturated carbocycles. The van der Waals surface area contributed by atoms with Crippen molar-refractivity contribution < 1.29 is 9.13 Å². The lowest BCUT2D eigenvalue weighted by molar-refractivity contribution is 0.413. The van der Waals surface area contributed by atoms with E-state index in [1.807, 2.05) is 48.9 Å². The van der Waals surface area contributed by atoms with Gasteiger partial charge in [-0.25, -0.2) is 9.37 Å². The molecule has 1 heterocycles. The fourth-order valence-electron chi connectivity index (χ4n) is 3.10. The first-order valence-electron chi connectivity index (χ1n) is 9.47. The van der Waals surface area contributed by atoms with E-state index in [1.165, 1.54) is 12.1 Å². The first kappa shape index (κ1) is 20.3. The molecule has 0 fully saturated rings. The molecule has 1 atom stereocenters. The van der Waals surface area contributed by atoms with Gasteiger partial charge in [0.15, 0.2) is 0 Å². The predicted molar refractivity (Wildman–Crippen MR) is 114 cm³/mol. The SMILES string of the molecule is CCC(NC(=N)/C=C/c1ccc(-n2cnc(C)c2)c(OC)c1)c1ccc(F)cc1. The van der Waals surface area contributed by atoms with Crippen LogP contribution >= 0.6 is 0 Å². The van der Waals surface area contributed by atoms with Gasteiger partial charge in [0.2, 0.25) is 0 Å². The van der Waals surface area contributed by atoms with Crippen LogP contribution in [0.2, 0.25) is 0 Å². The first-order chi connectivity index (χ1) is 14.0. The van der Waals surface area contributed by atoms with Crippen LogP contribution in [0.3, 0.4) is 0 Å². The highest BCUT2D eigenvalue weighted by Crippen LogP contribution is 2.25. The highest BCUT2D eigenvalue weighted by Gasteiger charge is 2.10. The highest BCUT2D eigenvalue weighted by molar-refractivity contribution is 5.94. The maximum Gasteiger partial charge on any atom is 0.143 e. The zero-order chi connectivity index (χ0) is 20.8. The molecule has 0 bridgehead atoms. The second-order valence-electron chi connectivity index (χ2n) is 6.76. The van der Waals surface area contributed by atoms with Crippen LogP contribution in [-0.2, 0) is 0 Å². The highest BCUT2D eigenvalue weighted by atomic mass is 19.1. The second kappa shape index (κ2) is 9.19. The number of ether oxygens (including phenoxy) is 1. The molecule has 1 aromatic heterocycles. The van der Waals surface area contributed by atoms with Crippen LogP contribution in [0.1, 0.15) is 36.2 Å². The minimum atomic E-state index is -0.262. The van der Waals surface area contributed by atoms with E-state index in [0.717, 1.165) is 34.7 Å². The van der Waals surface area contributed by atoms with Crippen molar-refractivity contribution in [1.29, 1.82) is 5.41 Å². The quantitative estimate of drug-likeness (QED) is 0.436. The average Bonchev–Trinajstić information content (AvgIpc) is 3.17. The van der Waals surface area contributed by atoms with E-state index in [1.54, 1.807) is 31.6 Å². The molecular formula is C23H25FN4O. The summed E-state index contributed by atoms with van der Waals surface area (Å²) in [6, 6.07) is 12.2. The summed E-state index contributed by atoms with van der Waals surface area (Å²) in [6.45, 7) is 3.97. The Kier molecular flexibility index (Phi) is 6.44. The summed E-state index contributed by atoms with van der Waals surface area (Å²) in [5, 5.41) is 11.4. The third kappa shape index (κ3) is 5.10. The number of nitrogens with zero attached hydrogens (tertiary/aromatic N) is 2. The Hall–Kier alpha value is -3.41. The fraction of sp³-hybridized carbons (Fsp3) is 0.217. The van der Waals surface area contributed by atoms with E-state index < -0.39 is 0 Å². The number of imidazole rings is 1. The van der Waals surface area contributed by atoms with Gasteiger partial charge in [-0.05, 0) is 54.8 Å². The number of nitrogens with one attached hydrogen (secondary N) is 2. The van der Waals surface area contributed by atoms with E-state index in [4.69, 9.17) is 10.1 Å². The molecule has 0 radical (unpaired) electrons. The molecule has 6 heteroatoms. The van der Waals surface area contributed by atoms with Crippen LogP contribution in [0.15, 0.2) is 61.1 Å². The molecule has 3 rings (SSSR count). The number of rotatable bonds is 7. The van der Waals surface area contributed by atoms with Crippen LogP contribution in [-0.4, -0.2) is 22.5 Å². The maximum atomic E-state index is 13.1. The maximum absolute atomic E-state index is 13.1. The molecule has 2 N–H and O–H groups in total. The summed E-state index contributed by atoms with van der Waals surface area (Å²) in [4.78, 5) is 4.25. The third-order valence-electron chi connectivity index (χ3n) is 4.65. The number of aryl methyl sites for hydroxylation is 1. The Bertz CT molecular complexity index is 1010. The lowest BCUT2D eigenvalue weighted by Crippen LogP contribution is -2.25. The van der Waals surface area contributed by atoms with Gasteiger partial charge in [0.25, 0.3) is 0 Å². The molecule has 5 nitrogen and oxygen atoms in total. The Morgan fingerprint density at radius 3 is 2.66 bits per heavy atom. The van der Waals surface area contributed by atoms with Gasteiger partial charge in [0, 0.05) is 6.20 Å². The van der Waals surface area contributed by atoms with E-state index >= 15 is 0 Å². The zero-order valence-corrected chi connectivity index (χ0v) is 16.8. The Morgan fingerprint density at radius 2 is 2.03 bits per heavy atom. The Balaban J connectivity index is 1.71. The van der Waals surface area contributed by atoms with Crippen LogP contribution < -0.4 is 10.1 Å². The summed E-state index contributed by atoms with van der Waals surface area (Å²) >= 11 is 0. The molecule has 1 unspecified atom stereocenters. The molecule has 0 amide bonds. The van der Waals surface area contributed by atoms with Gasteiger partial charge in [-0.1, -0.05) is 31.2 Å². The van der Waals surface area contributed by atoms with E-state index in [9.17, 15) is 4.39 Å². The Labute approximate surface area is 170 Å². The van der Waals surface area contributed by atoms with Crippen LogP contribution in [0.25, 0.3) is 11.8 Å². The largest absolute Gasteiger partial charge is 0.495 e.